The molecule has 4 heteroatoms. The smallest absolute Gasteiger partial charge is 0.242 e. The van der Waals surface area contributed by atoms with Crippen LogP contribution in [-0.4, -0.2) is 23.9 Å². The molecule has 0 aromatic heterocycles. The molecule has 0 aliphatic carbocycles. The van der Waals surface area contributed by atoms with E-state index in [1.165, 1.54) is 0 Å². The molecule has 0 aliphatic heterocycles. The van der Waals surface area contributed by atoms with Crippen LogP contribution in [-0.2, 0) is 9.59 Å². The molecule has 0 aliphatic rings. The first-order valence-electron chi connectivity index (χ1n) is 7.70. The van der Waals surface area contributed by atoms with Gasteiger partial charge in [-0.3, -0.25) is 9.59 Å². The van der Waals surface area contributed by atoms with Gasteiger partial charge in [0.2, 0.25) is 11.8 Å². The number of carbonyl (C=O) groups is 2. The third-order valence-electron chi connectivity index (χ3n) is 3.47. The average Bonchev–Trinajstić information content (AvgIpc) is 2.37. The van der Waals surface area contributed by atoms with E-state index >= 15 is 0 Å². The summed E-state index contributed by atoms with van der Waals surface area (Å²) in [7, 11) is 0. The first kappa shape index (κ1) is 18.2. The van der Waals surface area contributed by atoms with Crippen LogP contribution in [0.5, 0.6) is 0 Å². The monoisotopic (exact) mass is 304 g/mol. The van der Waals surface area contributed by atoms with Gasteiger partial charge in [-0.2, -0.15) is 0 Å². The fourth-order valence-electron chi connectivity index (χ4n) is 2.17. The standard InChI is InChI=1S/C18H28N2O2/c1-8-20(14-11-9-10-13(2)12-14)16(22)18(6,7)15(21)19-17(3,4)5/h9-12H,8H2,1-7H3,(H,19,21). The molecule has 0 fully saturated rings. The summed E-state index contributed by atoms with van der Waals surface area (Å²) in [5.74, 6) is -0.446. The van der Waals surface area contributed by atoms with Crippen molar-refractivity contribution in [3.05, 3.63) is 29.8 Å². The van der Waals surface area contributed by atoms with E-state index in [9.17, 15) is 9.59 Å². The summed E-state index contributed by atoms with van der Waals surface area (Å²) in [6.07, 6.45) is 0. The van der Waals surface area contributed by atoms with Crippen molar-refractivity contribution < 1.29 is 9.59 Å². The average molecular weight is 304 g/mol. The van der Waals surface area contributed by atoms with E-state index in [2.05, 4.69) is 5.32 Å². The zero-order valence-electron chi connectivity index (χ0n) is 14.8. The van der Waals surface area contributed by atoms with Crippen LogP contribution < -0.4 is 10.2 Å². The second-order valence-corrected chi connectivity index (χ2v) is 7.22. The number of hydrogen-bond donors (Lipinski definition) is 1. The second-order valence-electron chi connectivity index (χ2n) is 7.22. The summed E-state index contributed by atoms with van der Waals surface area (Å²) in [4.78, 5) is 27.0. The summed E-state index contributed by atoms with van der Waals surface area (Å²) in [5.41, 5.74) is 0.423. The van der Waals surface area contributed by atoms with Crippen molar-refractivity contribution in [1.82, 2.24) is 5.32 Å². The molecule has 0 saturated heterocycles. The zero-order valence-corrected chi connectivity index (χ0v) is 14.8. The molecular weight excluding hydrogens is 276 g/mol. The number of carbonyl (C=O) groups excluding carboxylic acids is 2. The normalized spacial score (nSPS) is 12.0. The predicted octanol–water partition coefficient (Wildman–Crippen LogP) is 3.29. The van der Waals surface area contributed by atoms with E-state index in [0.717, 1.165) is 11.3 Å². The number of anilines is 1. The van der Waals surface area contributed by atoms with E-state index < -0.39 is 5.41 Å². The molecule has 4 nitrogen and oxygen atoms in total. The third-order valence-corrected chi connectivity index (χ3v) is 3.47. The van der Waals surface area contributed by atoms with Crippen molar-refractivity contribution >= 4 is 17.5 Å². The van der Waals surface area contributed by atoms with Gasteiger partial charge >= 0.3 is 0 Å². The SMILES string of the molecule is CCN(C(=O)C(C)(C)C(=O)NC(C)(C)C)c1cccc(C)c1. The molecule has 1 rings (SSSR count). The topological polar surface area (TPSA) is 49.4 Å². The van der Waals surface area contributed by atoms with Gasteiger partial charge < -0.3 is 10.2 Å². The number of nitrogens with one attached hydrogen (secondary N) is 1. The highest BCUT2D eigenvalue weighted by molar-refractivity contribution is 6.11. The Balaban J connectivity index is 3.07. The van der Waals surface area contributed by atoms with Gasteiger partial charge in [0.15, 0.2) is 0 Å². The van der Waals surface area contributed by atoms with Gasteiger partial charge in [-0.25, -0.2) is 0 Å². The van der Waals surface area contributed by atoms with Gasteiger partial charge in [0.25, 0.3) is 0 Å². The summed E-state index contributed by atoms with van der Waals surface area (Å²) >= 11 is 0. The number of rotatable bonds is 4. The molecule has 22 heavy (non-hydrogen) atoms. The maximum Gasteiger partial charge on any atom is 0.242 e. The number of hydrogen-bond acceptors (Lipinski definition) is 2. The molecule has 1 N–H and O–H groups in total. The van der Waals surface area contributed by atoms with Crippen molar-refractivity contribution in [2.75, 3.05) is 11.4 Å². The first-order valence-corrected chi connectivity index (χ1v) is 7.70. The Morgan fingerprint density at radius 2 is 1.73 bits per heavy atom. The van der Waals surface area contributed by atoms with Crippen molar-refractivity contribution in [3.63, 3.8) is 0 Å². The number of nitrogens with zero attached hydrogens (tertiary/aromatic N) is 1. The number of aryl methyl sites for hydroxylation is 1. The van der Waals surface area contributed by atoms with Crippen LogP contribution in [0, 0.1) is 12.3 Å². The van der Waals surface area contributed by atoms with Gasteiger partial charge in [0.05, 0.1) is 0 Å². The Bertz CT molecular complexity index is 556. The minimum atomic E-state index is -1.12. The van der Waals surface area contributed by atoms with Crippen LogP contribution in [0.15, 0.2) is 24.3 Å². The molecule has 0 heterocycles. The van der Waals surface area contributed by atoms with Crippen LogP contribution in [0.2, 0.25) is 0 Å². The molecule has 0 unspecified atom stereocenters. The van der Waals surface area contributed by atoms with Crippen LogP contribution in [0.4, 0.5) is 5.69 Å². The third kappa shape index (κ3) is 4.33. The van der Waals surface area contributed by atoms with Crippen molar-refractivity contribution in [2.24, 2.45) is 5.41 Å². The minimum Gasteiger partial charge on any atom is -0.351 e. The lowest BCUT2D eigenvalue weighted by atomic mass is 9.88. The molecule has 2 amide bonds. The Hall–Kier alpha value is -1.84. The second kappa shape index (κ2) is 6.51. The van der Waals surface area contributed by atoms with Gasteiger partial charge in [-0.05, 0) is 66.2 Å². The highest BCUT2D eigenvalue weighted by Gasteiger charge is 2.40. The van der Waals surface area contributed by atoms with Crippen LogP contribution in [0.25, 0.3) is 0 Å². The lowest BCUT2D eigenvalue weighted by Gasteiger charge is -2.33. The van der Waals surface area contributed by atoms with Crippen LogP contribution in [0.3, 0.4) is 0 Å². The molecule has 0 atom stereocenters. The van der Waals surface area contributed by atoms with Gasteiger partial charge in [0, 0.05) is 17.8 Å². The molecular formula is C18H28N2O2. The van der Waals surface area contributed by atoms with E-state index in [-0.39, 0.29) is 17.4 Å². The van der Waals surface area contributed by atoms with E-state index in [4.69, 9.17) is 0 Å². The molecule has 0 spiro atoms. The maximum absolute atomic E-state index is 12.9. The van der Waals surface area contributed by atoms with Crippen molar-refractivity contribution in [1.29, 1.82) is 0 Å². The van der Waals surface area contributed by atoms with Crippen LogP contribution >= 0.6 is 0 Å². The Kier molecular flexibility index (Phi) is 5.39. The fraction of sp³-hybridized carbons (Fsp3) is 0.556. The summed E-state index contributed by atoms with van der Waals surface area (Å²) in [6, 6.07) is 7.76. The molecule has 0 saturated carbocycles. The Morgan fingerprint density at radius 3 is 2.18 bits per heavy atom. The molecule has 1 aromatic carbocycles. The quantitative estimate of drug-likeness (QED) is 0.868. The summed E-state index contributed by atoms with van der Waals surface area (Å²) in [5, 5.41) is 2.90. The fourth-order valence-corrected chi connectivity index (χ4v) is 2.17. The van der Waals surface area contributed by atoms with Gasteiger partial charge in [-0.1, -0.05) is 12.1 Å². The minimum absolute atomic E-state index is 0.192. The number of amides is 2. The first-order chi connectivity index (χ1) is 9.99. The predicted molar refractivity (Wildman–Crippen MR) is 90.9 cm³/mol. The Labute approximate surface area is 133 Å². The number of benzene rings is 1. The highest BCUT2D eigenvalue weighted by atomic mass is 16.2. The summed E-state index contributed by atoms with van der Waals surface area (Å²) in [6.45, 7) is 13.5. The van der Waals surface area contributed by atoms with Crippen molar-refractivity contribution in [3.8, 4) is 0 Å². The van der Waals surface area contributed by atoms with E-state index in [0.29, 0.717) is 6.54 Å². The molecule has 122 valence electrons. The van der Waals surface area contributed by atoms with Gasteiger partial charge in [-0.15, -0.1) is 0 Å². The maximum atomic E-state index is 12.9. The lowest BCUT2D eigenvalue weighted by Crippen LogP contribution is -2.54. The Morgan fingerprint density at radius 1 is 1.14 bits per heavy atom. The zero-order chi connectivity index (χ0) is 17.1. The van der Waals surface area contributed by atoms with Crippen LogP contribution in [0.1, 0.15) is 47.1 Å². The molecule has 0 bridgehead atoms. The highest BCUT2D eigenvalue weighted by Crippen LogP contribution is 2.25. The van der Waals surface area contributed by atoms with E-state index in [1.807, 2.05) is 58.9 Å². The largest absolute Gasteiger partial charge is 0.351 e. The summed E-state index contributed by atoms with van der Waals surface area (Å²) < 4.78 is 0. The van der Waals surface area contributed by atoms with Gasteiger partial charge in [0.1, 0.15) is 5.41 Å². The van der Waals surface area contributed by atoms with E-state index in [1.54, 1.807) is 18.7 Å². The molecule has 1 aromatic rings. The van der Waals surface area contributed by atoms with Crippen molar-refractivity contribution in [2.45, 2.75) is 54.0 Å². The lowest BCUT2D eigenvalue weighted by molar-refractivity contribution is -0.140. The molecule has 0 radical (unpaired) electrons.